The standard InChI is InChI=1S/C17H28N2O/c1-5-9-19-16(15-7-6-8-17(15,2)3)13-10-14(20-4)12-18-11-13/h10-12,15-16,19H,5-9H2,1-4H3. The number of rotatable bonds is 6. The number of pyridine rings is 1. The van der Waals surface area contributed by atoms with Crippen molar-refractivity contribution in [1.29, 1.82) is 0 Å². The first-order valence-corrected chi connectivity index (χ1v) is 7.81. The summed E-state index contributed by atoms with van der Waals surface area (Å²) in [4.78, 5) is 4.34. The van der Waals surface area contributed by atoms with Gasteiger partial charge in [-0.1, -0.05) is 27.2 Å². The zero-order valence-electron chi connectivity index (χ0n) is 13.3. The highest BCUT2D eigenvalue weighted by atomic mass is 16.5. The summed E-state index contributed by atoms with van der Waals surface area (Å²) in [6, 6.07) is 2.52. The molecule has 1 aliphatic rings. The lowest BCUT2D eigenvalue weighted by molar-refractivity contribution is 0.197. The van der Waals surface area contributed by atoms with Crippen LogP contribution in [0.3, 0.4) is 0 Å². The quantitative estimate of drug-likeness (QED) is 0.854. The molecular formula is C17H28N2O. The van der Waals surface area contributed by atoms with Crippen LogP contribution in [0, 0.1) is 11.3 Å². The third kappa shape index (κ3) is 3.32. The molecule has 20 heavy (non-hydrogen) atoms. The fourth-order valence-corrected chi connectivity index (χ4v) is 3.48. The summed E-state index contributed by atoms with van der Waals surface area (Å²) in [5.41, 5.74) is 1.66. The van der Waals surface area contributed by atoms with Crippen molar-refractivity contribution in [2.45, 2.75) is 52.5 Å². The van der Waals surface area contributed by atoms with Crippen LogP contribution in [0.2, 0.25) is 0 Å². The van der Waals surface area contributed by atoms with Crippen LogP contribution in [0.5, 0.6) is 5.75 Å². The summed E-state index contributed by atoms with van der Waals surface area (Å²) in [7, 11) is 1.70. The molecule has 0 aliphatic heterocycles. The lowest BCUT2D eigenvalue weighted by atomic mass is 9.75. The maximum Gasteiger partial charge on any atom is 0.137 e. The monoisotopic (exact) mass is 276 g/mol. The Morgan fingerprint density at radius 2 is 2.25 bits per heavy atom. The molecule has 3 heteroatoms. The molecular weight excluding hydrogens is 248 g/mol. The Morgan fingerprint density at radius 3 is 2.85 bits per heavy atom. The summed E-state index contributed by atoms with van der Waals surface area (Å²) in [5, 5.41) is 3.74. The molecule has 1 aliphatic carbocycles. The molecule has 2 rings (SSSR count). The number of aromatic nitrogens is 1. The molecule has 112 valence electrons. The summed E-state index contributed by atoms with van der Waals surface area (Å²) in [5.74, 6) is 1.52. The molecule has 1 aromatic heterocycles. The minimum absolute atomic E-state index is 0.384. The molecule has 1 N–H and O–H groups in total. The molecule has 1 aromatic rings. The largest absolute Gasteiger partial charge is 0.495 e. The highest BCUT2D eigenvalue weighted by Crippen LogP contribution is 2.48. The predicted octanol–water partition coefficient (Wildman–Crippen LogP) is 3.96. The SMILES string of the molecule is CCCNC(c1cncc(OC)c1)C1CCCC1(C)C. The highest BCUT2D eigenvalue weighted by Gasteiger charge is 2.40. The van der Waals surface area contributed by atoms with Crippen molar-refractivity contribution >= 4 is 0 Å². The first-order chi connectivity index (χ1) is 9.58. The van der Waals surface area contributed by atoms with E-state index >= 15 is 0 Å². The maximum atomic E-state index is 5.33. The van der Waals surface area contributed by atoms with Gasteiger partial charge in [-0.3, -0.25) is 4.98 Å². The summed E-state index contributed by atoms with van der Waals surface area (Å²) in [6.07, 6.45) is 8.87. The fraction of sp³-hybridized carbons (Fsp3) is 0.706. The van der Waals surface area contributed by atoms with Crippen molar-refractivity contribution in [2.24, 2.45) is 11.3 Å². The van der Waals surface area contributed by atoms with Crippen LogP contribution in [0.25, 0.3) is 0 Å². The smallest absolute Gasteiger partial charge is 0.137 e. The second-order valence-corrected chi connectivity index (χ2v) is 6.58. The van der Waals surface area contributed by atoms with E-state index in [0.717, 1.165) is 18.7 Å². The van der Waals surface area contributed by atoms with E-state index in [-0.39, 0.29) is 0 Å². The molecule has 2 atom stereocenters. The van der Waals surface area contributed by atoms with E-state index in [1.54, 1.807) is 13.3 Å². The summed E-state index contributed by atoms with van der Waals surface area (Å²) in [6.45, 7) is 8.07. The van der Waals surface area contributed by atoms with Crippen LogP contribution < -0.4 is 10.1 Å². The van der Waals surface area contributed by atoms with E-state index in [2.05, 4.69) is 37.1 Å². The minimum atomic E-state index is 0.384. The van der Waals surface area contributed by atoms with Gasteiger partial charge < -0.3 is 10.1 Å². The van der Waals surface area contributed by atoms with Crippen molar-refractivity contribution in [3.8, 4) is 5.75 Å². The zero-order valence-corrected chi connectivity index (χ0v) is 13.3. The normalized spacial score (nSPS) is 22.7. The molecule has 0 saturated heterocycles. The molecule has 0 spiro atoms. The fourth-order valence-electron chi connectivity index (χ4n) is 3.48. The van der Waals surface area contributed by atoms with E-state index in [9.17, 15) is 0 Å². The molecule has 1 saturated carbocycles. The van der Waals surface area contributed by atoms with Gasteiger partial charge in [-0.2, -0.15) is 0 Å². The van der Waals surface area contributed by atoms with Crippen molar-refractivity contribution in [3.63, 3.8) is 0 Å². The Bertz CT molecular complexity index is 431. The highest BCUT2D eigenvalue weighted by molar-refractivity contribution is 5.27. The van der Waals surface area contributed by atoms with Crippen molar-refractivity contribution in [1.82, 2.24) is 10.3 Å². The molecule has 1 fully saturated rings. The van der Waals surface area contributed by atoms with Gasteiger partial charge in [-0.15, -0.1) is 0 Å². The Labute approximate surface area is 123 Å². The number of nitrogens with one attached hydrogen (secondary N) is 1. The van der Waals surface area contributed by atoms with Crippen LogP contribution in [-0.4, -0.2) is 18.6 Å². The number of hydrogen-bond acceptors (Lipinski definition) is 3. The van der Waals surface area contributed by atoms with Gasteiger partial charge in [-0.25, -0.2) is 0 Å². The van der Waals surface area contributed by atoms with Crippen LogP contribution >= 0.6 is 0 Å². The Kier molecular flexibility index (Phi) is 5.03. The van der Waals surface area contributed by atoms with Crippen LogP contribution in [0.4, 0.5) is 0 Å². The van der Waals surface area contributed by atoms with E-state index < -0.39 is 0 Å². The summed E-state index contributed by atoms with van der Waals surface area (Å²) < 4.78 is 5.33. The van der Waals surface area contributed by atoms with Gasteiger partial charge >= 0.3 is 0 Å². The Hall–Kier alpha value is -1.09. The first kappa shape index (κ1) is 15.3. The van der Waals surface area contributed by atoms with Crippen molar-refractivity contribution in [3.05, 3.63) is 24.0 Å². The lowest BCUT2D eigenvalue weighted by Crippen LogP contribution is -2.34. The average molecular weight is 276 g/mol. The molecule has 0 amide bonds. The summed E-state index contributed by atoms with van der Waals surface area (Å²) >= 11 is 0. The van der Waals surface area contributed by atoms with Gasteiger partial charge in [0.2, 0.25) is 0 Å². The average Bonchev–Trinajstić information content (AvgIpc) is 2.79. The Morgan fingerprint density at radius 1 is 1.45 bits per heavy atom. The lowest BCUT2D eigenvalue weighted by Gasteiger charge is -2.35. The van der Waals surface area contributed by atoms with E-state index in [1.807, 2.05) is 6.20 Å². The second kappa shape index (κ2) is 6.57. The number of methoxy groups -OCH3 is 1. The molecule has 1 heterocycles. The number of nitrogens with zero attached hydrogens (tertiary/aromatic N) is 1. The van der Waals surface area contributed by atoms with Crippen molar-refractivity contribution < 1.29 is 4.74 Å². The van der Waals surface area contributed by atoms with Gasteiger partial charge in [0.1, 0.15) is 5.75 Å². The van der Waals surface area contributed by atoms with Gasteiger partial charge in [-0.05, 0) is 48.8 Å². The topological polar surface area (TPSA) is 34.2 Å². The van der Waals surface area contributed by atoms with Crippen LogP contribution in [0.15, 0.2) is 18.5 Å². The molecule has 0 aromatic carbocycles. The molecule has 0 radical (unpaired) electrons. The van der Waals surface area contributed by atoms with Crippen molar-refractivity contribution in [2.75, 3.05) is 13.7 Å². The van der Waals surface area contributed by atoms with Gasteiger partial charge in [0.15, 0.2) is 0 Å². The predicted molar refractivity (Wildman–Crippen MR) is 82.9 cm³/mol. The van der Waals surface area contributed by atoms with E-state index in [4.69, 9.17) is 4.74 Å². The minimum Gasteiger partial charge on any atom is -0.495 e. The molecule has 2 unspecified atom stereocenters. The van der Waals surface area contributed by atoms with Gasteiger partial charge in [0.05, 0.1) is 13.3 Å². The number of ether oxygens (including phenoxy) is 1. The zero-order chi connectivity index (χ0) is 14.6. The van der Waals surface area contributed by atoms with Crippen LogP contribution in [-0.2, 0) is 0 Å². The van der Waals surface area contributed by atoms with Gasteiger partial charge in [0, 0.05) is 12.2 Å². The molecule has 0 bridgehead atoms. The maximum absolute atomic E-state index is 5.33. The Balaban J connectivity index is 2.26. The first-order valence-electron chi connectivity index (χ1n) is 7.81. The number of hydrogen-bond donors (Lipinski definition) is 1. The third-order valence-electron chi connectivity index (χ3n) is 4.69. The van der Waals surface area contributed by atoms with E-state index in [0.29, 0.717) is 17.4 Å². The molecule has 3 nitrogen and oxygen atoms in total. The van der Waals surface area contributed by atoms with Gasteiger partial charge in [0.25, 0.3) is 0 Å². The van der Waals surface area contributed by atoms with E-state index in [1.165, 1.54) is 24.8 Å². The van der Waals surface area contributed by atoms with Crippen LogP contribution in [0.1, 0.15) is 58.1 Å². The second-order valence-electron chi connectivity index (χ2n) is 6.58. The third-order valence-corrected chi connectivity index (χ3v) is 4.69.